The Bertz CT molecular complexity index is 531. The minimum absolute atomic E-state index is 0.324. The highest BCUT2D eigenvalue weighted by Crippen LogP contribution is 2.48. The van der Waals surface area contributed by atoms with Gasteiger partial charge in [-0.1, -0.05) is 24.3 Å². The molecule has 3 rings (SSSR count). The summed E-state index contributed by atoms with van der Waals surface area (Å²) in [5.74, 6) is 2.27. The number of aryl methyl sites for hydroxylation is 1. The Morgan fingerprint density at radius 2 is 2.14 bits per heavy atom. The molecule has 1 aliphatic carbocycles. The van der Waals surface area contributed by atoms with Gasteiger partial charge in [0.25, 0.3) is 0 Å². The summed E-state index contributed by atoms with van der Waals surface area (Å²) in [5.41, 5.74) is 3.24. The van der Waals surface area contributed by atoms with Crippen LogP contribution in [0.2, 0.25) is 0 Å². The van der Waals surface area contributed by atoms with Gasteiger partial charge in [-0.2, -0.15) is 11.8 Å². The zero-order chi connectivity index (χ0) is 15.4. The Morgan fingerprint density at radius 1 is 1.32 bits per heavy atom. The molecule has 1 saturated heterocycles. The van der Waals surface area contributed by atoms with Gasteiger partial charge in [0.05, 0.1) is 0 Å². The van der Waals surface area contributed by atoms with Gasteiger partial charge < -0.3 is 10.6 Å². The van der Waals surface area contributed by atoms with Crippen molar-refractivity contribution in [1.29, 1.82) is 0 Å². The smallest absolute Gasteiger partial charge is 0.191 e. The van der Waals surface area contributed by atoms with Gasteiger partial charge in [-0.15, -0.1) is 0 Å². The molecule has 3 nitrogen and oxygen atoms in total. The standard InChI is InChI=1S/C18H27N3S/c1-14-6-3-4-8-16(14)18(9-10-18)13-21-17(19-2)20-12-15-7-5-11-22-15/h3-4,6,8,15H,5,7,9-13H2,1-2H3,(H2,19,20,21). The van der Waals surface area contributed by atoms with E-state index in [-0.39, 0.29) is 0 Å². The third kappa shape index (κ3) is 3.60. The zero-order valence-electron chi connectivity index (χ0n) is 13.7. The maximum Gasteiger partial charge on any atom is 0.191 e. The first-order chi connectivity index (χ1) is 10.7. The summed E-state index contributed by atoms with van der Waals surface area (Å²) < 4.78 is 0. The molecule has 2 N–H and O–H groups in total. The number of nitrogens with zero attached hydrogens (tertiary/aromatic N) is 1. The highest BCUT2D eigenvalue weighted by atomic mass is 32.2. The molecule has 2 aliphatic rings. The summed E-state index contributed by atoms with van der Waals surface area (Å²) in [4.78, 5) is 4.38. The summed E-state index contributed by atoms with van der Waals surface area (Å²) >= 11 is 2.08. The lowest BCUT2D eigenvalue weighted by atomic mass is 9.92. The second kappa shape index (κ2) is 6.95. The van der Waals surface area contributed by atoms with Crippen molar-refractivity contribution in [1.82, 2.24) is 10.6 Å². The molecule has 4 heteroatoms. The van der Waals surface area contributed by atoms with Crippen molar-refractivity contribution < 1.29 is 0 Å². The molecule has 2 fully saturated rings. The van der Waals surface area contributed by atoms with Crippen LogP contribution in [0.1, 0.15) is 36.8 Å². The lowest BCUT2D eigenvalue weighted by Gasteiger charge is -2.21. The van der Waals surface area contributed by atoms with Gasteiger partial charge in [-0.25, -0.2) is 0 Å². The molecule has 1 unspecified atom stereocenters. The van der Waals surface area contributed by atoms with Gasteiger partial charge in [0.15, 0.2) is 5.96 Å². The molecule has 0 bridgehead atoms. The monoisotopic (exact) mass is 317 g/mol. The first kappa shape index (κ1) is 15.7. The molecule has 120 valence electrons. The van der Waals surface area contributed by atoms with Crippen molar-refractivity contribution in [3.05, 3.63) is 35.4 Å². The van der Waals surface area contributed by atoms with Gasteiger partial charge in [-0.05, 0) is 49.5 Å². The van der Waals surface area contributed by atoms with Gasteiger partial charge >= 0.3 is 0 Å². The van der Waals surface area contributed by atoms with E-state index in [0.29, 0.717) is 5.41 Å². The molecular formula is C18H27N3S. The SMILES string of the molecule is CN=C(NCC1CCCS1)NCC1(c2ccccc2C)CC1. The van der Waals surface area contributed by atoms with E-state index in [1.807, 2.05) is 7.05 Å². The van der Waals surface area contributed by atoms with Gasteiger partial charge in [0, 0.05) is 30.8 Å². The predicted octanol–water partition coefficient (Wildman–Crippen LogP) is 3.09. The van der Waals surface area contributed by atoms with Crippen LogP contribution in [0.3, 0.4) is 0 Å². The maximum atomic E-state index is 4.38. The van der Waals surface area contributed by atoms with Crippen LogP contribution >= 0.6 is 11.8 Å². The second-order valence-electron chi connectivity index (χ2n) is 6.54. The topological polar surface area (TPSA) is 36.4 Å². The quantitative estimate of drug-likeness (QED) is 0.647. The van der Waals surface area contributed by atoms with Crippen molar-refractivity contribution in [2.24, 2.45) is 4.99 Å². The minimum Gasteiger partial charge on any atom is -0.356 e. The summed E-state index contributed by atoms with van der Waals surface area (Å²) in [7, 11) is 1.87. The fourth-order valence-corrected chi connectivity index (χ4v) is 4.55. The number of nitrogens with one attached hydrogen (secondary N) is 2. The molecule has 0 radical (unpaired) electrons. The molecule has 0 spiro atoms. The highest BCUT2D eigenvalue weighted by Gasteiger charge is 2.44. The Kier molecular flexibility index (Phi) is 4.97. The van der Waals surface area contributed by atoms with Gasteiger partial charge in [-0.3, -0.25) is 4.99 Å². The first-order valence-electron chi connectivity index (χ1n) is 8.36. The molecule has 0 amide bonds. The Labute approximate surface area is 138 Å². The van der Waals surface area contributed by atoms with E-state index >= 15 is 0 Å². The van der Waals surface area contributed by atoms with Gasteiger partial charge in [0.2, 0.25) is 0 Å². The molecule has 0 aromatic heterocycles. The van der Waals surface area contributed by atoms with Crippen molar-refractivity contribution in [2.45, 2.75) is 43.3 Å². The largest absolute Gasteiger partial charge is 0.356 e. The summed E-state index contributed by atoms with van der Waals surface area (Å²) in [6, 6.07) is 8.80. The predicted molar refractivity (Wildman–Crippen MR) is 96.9 cm³/mol. The number of hydrogen-bond donors (Lipinski definition) is 2. The first-order valence-corrected chi connectivity index (χ1v) is 9.41. The van der Waals surface area contributed by atoms with Crippen molar-refractivity contribution >= 4 is 17.7 Å². The van der Waals surface area contributed by atoms with Crippen LogP contribution in [-0.4, -0.2) is 37.1 Å². The van der Waals surface area contributed by atoms with E-state index in [1.165, 1.54) is 42.6 Å². The molecule has 1 aromatic carbocycles. The van der Waals surface area contributed by atoms with Gasteiger partial charge in [0.1, 0.15) is 0 Å². The minimum atomic E-state index is 0.324. The lowest BCUT2D eigenvalue weighted by molar-refractivity contribution is 0.638. The number of aliphatic imine (C=N–C) groups is 1. The van der Waals surface area contributed by atoms with Crippen LogP contribution in [0.4, 0.5) is 0 Å². The third-order valence-corrected chi connectivity index (χ3v) is 6.31. The number of guanidine groups is 1. The van der Waals surface area contributed by atoms with E-state index in [0.717, 1.165) is 24.3 Å². The van der Waals surface area contributed by atoms with E-state index in [1.54, 1.807) is 0 Å². The molecule has 22 heavy (non-hydrogen) atoms. The fraction of sp³-hybridized carbons (Fsp3) is 0.611. The summed E-state index contributed by atoms with van der Waals surface area (Å²) in [5, 5.41) is 7.80. The molecule has 1 saturated carbocycles. The zero-order valence-corrected chi connectivity index (χ0v) is 14.5. The van der Waals surface area contributed by atoms with Crippen LogP contribution in [-0.2, 0) is 5.41 Å². The Hall–Kier alpha value is -1.16. The summed E-state index contributed by atoms with van der Waals surface area (Å²) in [6.45, 7) is 4.23. The second-order valence-corrected chi connectivity index (χ2v) is 7.95. The number of hydrogen-bond acceptors (Lipinski definition) is 2. The molecule has 1 atom stereocenters. The molecule has 1 heterocycles. The van der Waals surface area contributed by atoms with E-state index < -0.39 is 0 Å². The van der Waals surface area contributed by atoms with Crippen molar-refractivity contribution in [3.8, 4) is 0 Å². The molecule has 1 aromatic rings. The fourth-order valence-electron chi connectivity index (χ4n) is 3.35. The number of thioether (sulfide) groups is 1. The molecule has 1 aliphatic heterocycles. The van der Waals surface area contributed by atoms with Crippen LogP contribution in [0, 0.1) is 6.92 Å². The summed E-state index contributed by atoms with van der Waals surface area (Å²) in [6.07, 6.45) is 5.25. The number of rotatable bonds is 5. The average Bonchev–Trinajstić information content (AvgIpc) is 3.13. The Morgan fingerprint density at radius 3 is 2.77 bits per heavy atom. The van der Waals surface area contributed by atoms with E-state index in [9.17, 15) is 0 Å². The normalized spacial score (nSPS) is 23.4. The third-order valence-electron chi connectivity index (χ3n) is 4.91. The van der Waals surface area contributed by atoms with Crippen LogP contribution < -0.4 is 10.6 Å². The highest BCUT2D eigenvalue weighted by molar-refractivity contribution is 8.00. The number of benzene rings is 1. The maximum absolute atomic E-state index is 4.38. The lowest BCUT2D eigenvalue weighted by Crippen LogP contribution is -2.43. The Balaban J connectivity index is 1.53. The van der Waals surface area contributed by atoms with Crippen LogP contribution in [0.25, 0.3) is 0 Å². The van der Waals surface area contributed by atoms with Crippen molar-refractivity contribution in [2.75, 3.05) is 25.9 Å². The van der Waals surface area contributed by atoms with E-state index in [4.69, 9.17) is 0 Å². The van der Waals surface area contributed by atoms with E-state index in [2.05, 4.69) is 58.6 Å². The average molecular weight is 318 g/mol. The van der Waals surface area contributed by atoms with Crippen LogP contribution in [0.15, 0.2) is 29.3 Å². The van der Waals surface area contributed by atoms with Crippen LogP contribution in [0.5, 0.6) is 0 Å². The molecular weight excluding hydrogens is 290 g/mol. The van der Waals surface area contributed by atoms with Crippen molar-refractivity contribution in [3.63, 3.8) is 0 Å².